The first-order chi connectivity index (χ1) is 11.4. The van der Waals surface area contributed by atoms with Gasteiger partial charge >= 0.3 is 11.9 Å². The largest absolute Gasteiger partial charge is 0.476 e. The summed E-state index contributed by atoms with van der Waals surface area (Å²) in [5.74, 6) is -2.76. The van der Waals surface area contributed by atoms with E-state index in [-0.39, 0.29) is 22.0 Å². The van der Waals surface area contributed by atoms with Crippen molar-refractivity contribution < 1.29 is 24.7 Å². The molecule has 1 aromatic carbocycles. The lowest BCUT2D eigenvalue weighted by Crippen LogP contribution is -2.11. The molecule has 2 heterocycles. The van der Waals surface area contributed by atoms with Crippen molar-refractivity contribution in [2.24, 2.45) is 0 Å². The Balaban J connectivity index is 2.63. The van der Waals surface area contributed by atoms with Gasteiger partial charge in [-0.1, -0.05) is 0 Å². The SMILES string of the molecule is CCn1c2ccc([N+](=O)[O-])cc2c2c(C(=O)O)nnc(C(=O)O)c21. The second-order valence-electron chi connectivity index (χ2n) is 4.93. The third-order valence-electron chi connectivity index (χ3n) is 3.69. The minimum atomic E-state index is -1.40. The first-order valence-corrected chi connectivity index (χ1v) is 6.80. The molecule has 0 radical (unpaired) electrons. The zero-order chi connectivity index (χ0) is 17.6. The van der Waals surface area contributed by atoms with Gasteiger partial charge in [0.25, 0.3) is 5.69 Å². The lowest BCUT2D eigenvalue weighted by atomic mass is 10.1. The van der Waals surface area contributed by atoms with Crippen LogP contribution in [0.3, 0.4) is 0 Å². The Kier molecular flexibility index (Phi) is 3.36. The molecule has 3 aromatic rings. The molecular weight excluding hydrogens is 320 g/mol. The summed E-state index contributed by atoms with van der Waals surface area (Å²) in [4.78, 5) is 33.3. The maximum Gasteiger partial charge on any atom is 0.358 e. The maximum absolute atomic E-state index is 11.5. The number of carboxylic acids is 2. The zero-order valence-corrected chi connectivity index (χ0v) is 12.3. The molecule has 0 amide bonds. The van der Waals surface area contributed by atoms with Gasteiger partial charge in [-0.2, -0.15) is 0 Å². The van der Waals surface area contributed by atoms with Crippen LogP contribution in [-0.4, -0.2) is 41.8 Å². The second kappa shape index (κ2) is 5.26. The number of hydrogen-bond acceptors (Lipinski definition) is 6. The highest BCUT2D eigenvalue weighted by Crippen LogP contribution is 2.34. The lowest BCUT2D eigenvalue weighted by Gasteiger charge is -2.05. The van der Waals surface area contributed by atoms with E-state index in [1.54, 1.807) is 11.5 Å². The number of benzene rings is 1. The highest BCUT2D eigenvalue weighted by atomic mass is 16.6. The Bertz CT molecular complexity index is 1040. The van der Waals surface area contributed by atoms with Crippen molar-refractivity contribution >= 4 is 39.4 Å². The van der Waals surface area contributed by atoms with Crippen molar-refractivity contribution in [2.75, 3.05) is 0 Å². The average molecular weight is 330 g/mol. The Labute approximate surface area is 133 Å². The highest BCUT2D eigenvalue weighted by Gasteiger charge is 2.26. The predicted molar refractivity (Wildman–Crippen MR) is 81.3 cm³/mol. The molecule has 24 heavy (non-hydrogen) atoms. The first-order valence-electron chi connectivity index (χ1n) is 6.80. The molecule has 0 saturated carbocycles. The van der Waals surface area contributed by atoms with Gasteiger partial charge in [-0.05, 0) is 13.0 Å². The number of carbonyl (C=O) groups is 2. The fourth-order valence-electron chi connectivity index (χ4n) is 2.76. The fourth-order valence-corrected chi connectivity index (χ4v) is 2.76. The summed E-state index contributed by atoms with van der Waals surface area (Å²) in [6.45, 7) is 2.07. The molecule has 0 spiro atoms. The molecule has 0 aliphatic rings. The Morgan fingerprint density at radius 3 is 2.38 bits per heavy atom. The maximum atomic E-state index is 11.5. The molecule has 2 aromatic heterocycles. The molecule has 0 atom stereocenters. The van der Waals surface area contributed by atoms with E-state index in [2.05, 4.69) is 10.2 Å². The van der Waals surface area contributed by atoms with Crippen molar-refractivity contribution in [3.8, 4) is 0 Å². The summed E-state index contributed by atoms with van der Waals surface area (Å²) < 4.78 is 1.55. The Morgan fingerprint density at radius 2 is 1.83 bits per heavy atom. The van der Waals surface area contributed by atoms with Gasteiger partial charge in [-0.15, -0.1) is 10.2 Å². The topological polar surface area (TPSA) is 148 Å². The summed E-state index contributed by atoms with van der Waals surface area (Å²) in [7, 11) is 0. The first kappa shape index (κ1) is 15.3. The number of aromatic nitrogens is 3. The number of nitro groups is 1. The molecule has 0 fully saturated rings. The van der Waals surface area contributed by atoms with Gasteiger partial charge in [-0.3, -0.25) is 10.1 Å². The number of aryl methyl sites for hydroxylation is 1. The van der Waals surface area contributed by atoms with Gasteiger partial charge in [0.1, 0.15) is 0 Å². The summed E-state index contributed by atoms with van der Waals surface area (Å²) in [6.07, 6.45) is 0. The summed E-state index contributed by atoms with van der Waals surface area (Å²) in [6, 6.07) is 3.94. The highest BCUT2D eigenvalue weighted by molar-refractivity contribution is 6.19. The van der Waals surface area contributed by atoms with Crippen LogP contribution in [0, 0.1) is 10.1 Å². The van der Waals surface area contributed by atoms with Crippen LogP contribution >= 0.6 is 0 Å². The quantitative estimate of drug-likeness (QED) is 0.544. The molecule has 0 unspecified atom stereocenters. The van der Waals surface area contributed by atoms with E-state index in [1.807, 2.05) is 0 Å². The number of carboxylic acid groups (broad SMARTS) is 2. The lowest BCUT2D eigenvalue weighted by molar-refractivity contribution is -0.384. The number of nitro benzene ring substituents is 1. The van der Waals surface area contributed by atoms with Gasteiger partial charge in [0.15, 0.2) is 11.4 Å². The number of rotatable bonds is 4. The number of aromatic carboxylic acids is 2. The van der Waals surface area contributed by atoms with Gasteiger partial charge in [-0.25, -0.2) is 9.59 Å². The van der Waals surface area contributed by atoms with Crippen LogP contribution in [0.25, 0.3) is 21.8 Å². The van der Waals surface area contributed by atoms with E-state index in [9.17, 15) is 29.9 Å². The molecule has 0 bridgehead atoms. The number of fused-ring (bicyclic) bond motifs is 3. The Hall–Kier alpha value is -3.56. The monoisotopic (exact) mass is 330 g/mol. The number of non-ortho nitro benzene ring substituents is 1. The van der Waals surface area contributed by atoms with E-state index in [0.29, 0.717) is 12.1 Å². The van der Waals surface area contributed by atoms with Crippen LogP contribution < -0.4 is 0 Å². The molecule has 10 nitrogen and oxygen atoms in total. The molecule has 122 valence electrons. The van der Waals surface area contributed by atoms with E-state index >= 15 is 0 Å². The molecule has 3 rings (SSSR count). The zero-order valence-electron chi connectivity index (χ0n) is 12.3. The van der Waals surface area contributed by atoms with Crippen LogP contribution in [0.2, 0.25) is 0 Å². The van der Waals surface area contributed by atoms with Gasteiger partial charge in [0, 0.05) is 35.0 Å². The normalized spacial score (nSPS) is 11.0. The minimum Gasteiger partial charge on any atom is -0.476 e. The fraction of sp³-hybridized carbons (Fsp3) is 0.143. The van der Waals surface area contributed by atoms with Crippen LogP contribution in [0.15, 0.2) is 18.2 Å². The van der Waals surface area contributed by atoms with Crippen LogP contribution in [0.4, 0.5) is 5.69 Å². The van der Waals surface area contributed by atoms with E-state index < -0.39 is 28.2 Å². The van der Waals surface area contributed by atoms with E-state index in [4.69, 9.17) is 0 Å². The van der Waals surface area contributed by atoms with Crippen molar-refractivity contribution in [1.29, 1.82) is 0 Å². The van der Waals surface area contributed by atoms with Crippen molar-refractivity contribution in [3.05, 3.63) is 39.7 Å². The predicted octanol–water partition coefficient (Wildman–Crippen LogP) is 1.91. The minimum absolute atomic E-state index is 0.0236. The van der Waals surface area contributed by atoms with Crippen molar-refractivity contribution in [2.45, 2.75) is 13.5 Å². The average Bonchev–Trinajstić information content (AvgIpc) is 2.87. The van der Waals surface area contributed by atoms with E-state index in [1.165, 1.54) is 18.2 Å². The molecule has 0 aliphatic heterocycles. The molecular formula is C14H10N4O6. The molecule has 0 saturated heterocycles. The van der Waals surface area contributed by atoms with Crippen molar-refractivity contribution in [1.82, 2.24) is 14.8 Å². The van der Waals surface area contributed by atoms with Gasteiger partial charge < -0.3 is 14.8 Å². The van der Waals surface area contributed by atoms with Crippen LogP contribution in [0.5, 0.6) is 0 Å². The number of hydrogen-bond donors (Lipinski definition) is 2. The second-order valence-corrected chi connectivity index (χ2v) is 4.93. The molecule has 10 heteroatoms. The number of nitrogens with zero attached hydrogens (tertiary/aromatic N) is 4. The van der Waals surface area contributed by atoms with Gasteiger partial charge in [0.05, 0.1) is 10.4 Å². The van der Waals surface area contributed by atoms with Crippen molar-refractivity contribution in [3.63, 3.8) is 0 Å². The van der Waals surface area contributed by atoms with Gasteiger partial charge in [0.2, 0.25) is 0 Å². The summed E-state index contributed by atoms with van der Waals surface area (Å²) >= 11 is 0. The third-order valence-corrected chi connectivity index (χ3v) is 3.69. The molecule has 0 aliphatic carbocycles. The van der Waals surface area contributed by atoms with Crippen LogP contribution in [0.1, 0.15) is 27.9 Å². The van der Waals surface area contributed by atoms with Crippen LogP contribution in [-0.2, 0) is 6.54 Å². The Morgan fingerprint density at radius 1 is 1.21 bits per heavy atom. The van der Waals surface area contributed by atoms with E-state index in [0.717, 1.165) is 0 Å². The third kappa shape index (κ3) is 2.04. The summed E-state index contributed by atoms with van der Waals surface area (Å²) in [5, 5.41) is 36.9. The molecule has 2 N–H and O–H groups in total. The smallest absolute Gasteiger partial charge is 0.358 e. The summed E-state index contributed by atoms with van der Waals surface area (Å²) in [5.41, 5.74) is -0.545. The standard InChI is InChI=1S/C14H10N4O6/c1-2-17-8-4-3-6(18(23)24)5-7(8)9-10(13(19)20)15-16-11(12(9)17)14(21)22/h3-5H,2H2,1H3,(H,19,20)(H,21,22).